The Morgan fingerprint density at radius 1 is 1.16 bits per heavy atom. The molecule has 0 aliphatic carbocycles. The van der Waals surface area contributed by atoms with E-state index in [9.17, 15) is 9.59 Å². The van der Waals surface area contributed by atoms with E-state index < -0.39 is 11.9 Å². The fourth-order valence-corrected chi connectivity index (χ4v) is 2.49. The summed E-state index contributed by atoms with van der Waals surface area (Å²) in [6.07, 6.45) is 2.07. The van der Waals surface area contributed by atoms with Gasteiger partial charge in [-0.05, 0) is 36.1 Å². The van der Waals surface area contributed by atoms with Gasteiger partial charge in [0.25, 0.3) is 5.91 Å². The van der Waals surface area contributed by atoms with E-state index in [1.54, 1.807) is 19.2 Å². The van der Waals surface area contributed by atoms with Gasteiger partial charge in [0.05, 0.1) is 13.4 Å². The average Bonchev–Trinajstić information content (AvgIpc) is 3.14. The third-order valence-corrected chi connectivity index (χ3v) is 3.87. The Labute approximate surface area is 147 Å². The summed E-state index contributed by atoms with van der Waals surface area (Å²) >= 11 is 0. The first-order valence-electron chi connectivity index (χ1n) is 8.27. The minimum absolute atomic E-state index is 0.0508. The largest absolute Gasteiger partial charge is 0.496 e. The predicted octanol–water partition coefficient (Wildman–Crippen LogP) is 2.40. The van der Waals surface area contributed by atoms with Gasteiger partial charge < -0.3 is 19.8 Å². The van der Waals surface area contributed by atoms with Crippen molar-refractivity contribution in [2.75, 3.05) is 13.7 Å². The zero-order chi connectivity index (χ0) is 18.2. The second kappa shape index (κ2) is 8.92. The van der Waals surface area contributed by atoms with Crippen molar-refractivity contribution >= 4 is 11.8 Å². The SMILES string of the molecule is COc1ccccc1CCNC(=O)C(NC(=O)c1ccco1)C(C)C. The maximum absolute atomic E-state index is 12.4. The van der Waals surface area contributed by atoms with Crippen molar-refractivity contribution in [3.63, 3.8) is 0 Å². The summed E-state index contributed by atoms with van der Waals surface area (Å²) in [6, 6.07) is 10.2. The maximum Gasteiger partial charge on any atom is 0.287 e. The minimum Gasteiger partial charge on any atom is -0.496 e. The summed E-state index contributed by atoms with van der Waals surface area (Å²) in [5, 5.41) is 5.60. The molecule has 1 atom stereocenters. The average molecular weight is 344 g/mol. The number of furan rings is 1. The van der Waals surface area contributed by atoms with Crippen LogP contribution in [0.4, 0.5) is 0 Å². The second-order valence-corrected chi connectivity index (χ2v) is 6.03. The lowest BCUT2D eigenvalue weighted by atomic mass is 10.0. The van der Waals surface area contributed by atoms with Crippen LogP contribution in [-0.2, 0) is 11.2 Å². The summed E-state index contributed by atoms with van der Waals surface area (Å²) in [4.78, 5) is 24.5. The Hall–Kier alpha value is -2.76. The first-order valence-corrected chi connectivity index (χ1v) is 8.27. The molecule has 2 aromatic rings. The summed E-state index contributed by atoms with van der Waals surface area (Å²) in [5.41, 5.74) is 1.02. The highest BCUT2D eigenvalue weighted by Crippen LogP contribution is 2.17. The van der Waals surface area contributed by atoms with Crippen LogP contribution >= 0.6 is 0 Å². The van der Waals surface area contributed by atoms with Crippen molar-refractivity contribution in [2.45, 2.75) is 26.3 Å². The molecule has 0 saturated heterocycles. The Morgan fingerprint density at radius 3 is 2.56 bits per heavy atom. The fraction of sp³-hybridized carbons (Fsp3) is 0.368. The quantitative estimate of drug-likeness (QED) is 0.770. The Bertz CT molecular complexity index is 695. The number of amides is 2. The predicted molar refractivity (Wildman–Crippen MR) is 94.5 cm³/mol. The van der Waals surface area contributed by atoms with Gasteiger partial charge in [0.1, 0.15) is 11.8 Å². The summed E-state index contributed by atoms with van der Waals surface area (Å²) in [6.45, 7) is 4.22. The first-order chi connectivity index (χ1) is 12.0. The number of carbonyl (C=O) groups is 2. The van der Waals surface area contributed by atoms with Crippen molar-refractivity contribution in [3.8, 4) is 5.75 Å². The van der Waals surface area contributed by atoms with Gasteiger partial charge in [0.15, 0.2) is 5.76 Å². The lowest BCUT2D eigenvalue weighted by Crippen LogP contribution is -2.50. The molecule has 1 aromatic heterocycles. The van der Waals surface area contributed by atoms with Gasteiger partial charge in [-0.25, -0.2) is 0 Å². The summed E-state index contributed by atoms with van der Waals surface area (Å²) in [7, 11) is 1.62. The van der Waals surface area contributed by atoms with Gasteiger partial charge in [0, 0.05) is 6.54 Å². The van der Waals surface area contributed by atoms with Crippen LogP contribution in [0.3, 0.4) is 0 Å². The monoisotopic (exact) mass is 344 g/mol. The van der Waals surface area contributed by atoms with Crippen LogP contribution in [0.25, 0.3) is 0 Å². The Balaban J connectivity index is 1.91. The topological polar surface area (TPSA) is 80.6 Å². The molecule has 0 aliphatic rings. The maximum atomic E-state index is 12.4. The van der Waals surface area contributed by atoms with Crippen LogP contribution in [0.5, 0.6) is 5.75 Å². The molecule has 0 saturated carbocycles. The van der Waals surface area contributed by atoms with Gasteiger partial charge in [0.2, 0.25) is 5.91 Å². The standard InChI is InChI=1S/C19H24N2O4/c1-13(2)17(21-18(22)16-9-6-12-25-16)19(23)20-11-10-14-7-4-5-8-15(14)24-3/h4-9,12-13,17H,10-11H2,1-3H3,(H,20,23)(H,21,22). The molecular weight excluding hydrogens is 320 g/mol. The number of nitrogens with one attached hydrogen (secondary N) is 2. The van der Waals surface area contributed by atoms with Gasteiger partial charge in [-0.15, -0.1) is 0 Å². The molecule has 6 heteroatoms. The molecule has 2 N–H and O–H groups in total. The zero-order valence-corrected chi connectivity index (χ0v) is 14.7. The number of rotatable bonds is 8. The lowest BCUT2D eigenvalue weighted by Gasteiger charge is -2.21. The van der Waals surface area contributed by atoms with E-state index in [1.165, 1.54) is 6.26 Å². The van der Waals surface area contributed by atoms with Crippen molar-refractivity contribution < 1.29 is 18.7 Å². The van der Waals surface area contributed by atoms with E-state index in [-0.39, 0.29) is 17.6 Å². The molecule has 0 bridgehead atoms. The van der Waals surface area contributed by atoms with E-state index in [0.29, 0.717) is 13.0 Å². The van der Waals surface area contributed by atoms with Crippen LogP contribution in [0.1, 0.15) is 30.0 Å². The summed E-state index contributed by atoms with van der Waals surface area (Å²) in [5.74, 6) is 0.314. The fourth-order valence-electron chi connectivity index (χ4n) is 2.49. The molecule has 1 heterocycles. The normalized spacial score (nSPS) is 11.8. The van der Waals surface area contributed by atoms with Crippen molar-refractivity contribution in [3.05, 3.63) is 54.0 Å². The van der Waals surface area contributed by atoms with E-state index in [0.717, 1.165) is 11.3 Å². The highest BCUT2D eigenvalue weighted by Gasteiger charge is 2.25. The molecule has 1 unspecified atom stereocenters. The number of carbonyl (C=O) groups excluding carboxylic acids is 2. The molecule has 2 rings (SSSR count). The molecule has 6 nitrogen and oxygen atoms in total. The molecule has 0 radical (unpaired) electrons. The molecule has 2 amide bonds. The second-order valence-electron chi connectivity index (χ2n) is 6.03. The third kappa shape index (κ3) is 5.11. The van der Waals surface area contributed by atoms with E-state index in [4.69, 9.17) is 9.15 Å². The van der Waals surface area contributed by atoms with E-state index in [2.05, 4.69) is 10.6 Å². The Morgan fingerprint density at radius 2 is 1.92 bits per heavy atom. The minimum atomic E-state index is -0.629. The molecule has 1 aromatic carbocycles. The van der Waals surface area contributed by atoms with Crippen molar-refractivity contribution in [1.29, 1.82) is 0 Å². The molecule has 134 valence electrons. The summed E-state index contributed by atoms with van der Waals surface area (Å²) < 4.78 is 10.4. The highest BCUT2D eigenvalue weighted by atomic mass is 16.5. The lowest BCUT2D eigenvalue weighted by molar-refractivity contribution is -0.123. The molecule has 0 aliphatic heterocycles. The molecule has 0 fully saturated rings. The number of methoxy groups -OCH3 is 1. The van der Waals surface area contributed by atoms with E-state index >= 15 is 0 Å². The van der Waals surface area contributed by atoms with E-state index in [1.807, 2.05) is 38.1 Å². The Kier molecular flexibility index (Phi) is 6.62. The zero-order valence-electron chi connectivity index (χ0n) is 14.7. The number of hydrogen-bond donors (Lipinski definition) is 2. The van der Waals surface area contributed by atoms with Crippen LogP contribution < -0.4 is 15.4 Å². The van der Waals surface area contributed by atoms with Crippen LogP contribution in [0.2, 0.25) is 0 Å². The van der Waals surface area contributed by atoms with Crippen LogP contribution in [0.15, 0.2) is 47.1 Å². The number of hydrogen-bond acceptors (Lipinski definition) is 4. The van der Waals surface area contributed by atoms with Gasteiger partial charge in [-0.1, -0.05) is 32.0 Å². The molecule has 25 heavy (non-hydrogen) atoms. The number of benzene rings is 1. The van der Waals surface area contributed by atoms with Crippen molar-refractivity contribution in [2.24, 2.45) is 5.92 Å². The third-order valence-electron chi connectivity index (χ3n) is 3.87. The highest BCUT2D eigenvalue weighted by molar-refractivity contribution is 5.95. The van der Waals surface area contributed by atoms with Crippen LogP contribution in [-0.4, -0.2) is 31.5 Å². The van der Waals surface area contributed by atoms with Gasteiger partial charge in [-0.2, -0.15) is 0 Å². The first kappa shape index (κ1) is 18.6. The molecular formula is C19H24N2O4. The number of ether oxygens (including phenoxy) is 1. The van der Waals surface area contributed by atoms with Crippen LogP contribution in [0, 0.1) is 5.92 Å². The smallest absolute Gasteiger partial charge is 0.287 e. The molecule has 0 spiro atoms. The van der Waals surface area contributed by atoms with Crippen molar-refractivity contribution in [1.82, 2.24) is 10.6 Å². The van der Waals surface area contributed by atoms with Gasteiger partial charge in [-0.3, -0.25) is 9.59 Å². The van der Waals surface area contributed by atoms with Gasteiger partial charge >= 0.3 is 0 Å². The number of para-hydroxylation sites is 1.